The smallest absolute Gasteiger partial charge is 0.268 e. The van der Waals surface area contributed by atoms with Crippen molar-refractivity contribution in [1.29, 1.82) is 5.26 Å². The van der Waals surface area contributed by atoms with Gasteiger partial charge in [-0.2, -0.15) is 5.26 Å². The van der Waals surface area contributed by atoms with E-state index in [-0.39, 0.29) is 21.2 Å². The van der Waals surface area contributed by atoms with Gasteiger partial charge in [0.25, 0.3) is 5.91 Å². The molecular weight excluding hydrogens is 1280 g/mol. The van der Waals surface area contributed by atoms with Gasteiger partial charge in [-0.1, -0.05) is 182 Å². The number of nitrogens with zero attached hydrogens (tertiary/aromatic N) is 7. The summed E-state index contributed by atoms with van der Waals surface area (Å²) in [7, 11) is -4.57. The molecule has 0 saturated heterocycles. The number of ether oxygens (including phenoxy) is 2. The SMILES string of the molecule is COc1ccc(CN(Cc2ccccc2)c2nc(C#N)c(-c3cncc(S(=O)(=O)NC(C)(C)C)c3)c3cccc(-c4ccccc4)c23)cc1.COc1ccc(CN(Cc2ccccc2)c2nc(C(N)=O)c(-c3cncc(S(=O)(=O)NC(C)(C)C)c3)c3cccc(-c4ccccc4)c23)cc1. The number of nitrogens with two attached hydrogens (primary N) is 1. The van der Waals surface area contributed by atoms with Crippen LogP contribution in [-0.4, -0.2) is 68.0 Å². The number of methoxy groups -OCH3 is 2. The van der Waals surface area contributed by atoms with Crippen LogP contribution in [-0.2, 0) is 46.2 Å². The number of rotatable bonds is 21. The lowest BCUT2D eigenvalue weighted by Gasteiger charge is -2.28. The van der Waals surface area contributed by atoms with Crippen molar-refractivity contribution < 1.29 is 31.1 Å². The van der Waals surface area contributed by atoms with E-state index in [1.807, 2.05) is 188 Å². The van der Waals surface area contributed by atoms with Crippen LogP contribution in [0.1, 0.15) is 80.0 Å². The first-order valence-corrected chi connectivity index (χ1v) is 35.0. The van der Waals surface area contributed by atoms with Crippen LogP contribution in [0.25, 0.3) is 66.1 Å². The number of pyridine rings is 4. The Morgan fingerprint density at radius 3 is 1.20 bits per heavy atom. The van der Waals surface area contributed by atoms with Crippen LogP contribution in [0.4, 0.5) is 11.6 Å². The molecular formula is C80H76N10O7S2. The van der Waals surface area contributed by atoms with Crippen molar-refractivity contribution in [2.75, 3.05) is 24.0 Å². The van der Waals surface area contributed by atoms with E-state index in [0.717, 1.165) is 72.2 Å². The van der Waals surface area contributed by atoms with Gasteiger partial charge in [-0.3, -0.25) is 14.8 Å². The summed E-state index contributed by atoms with van der Waals surface area (Å²) in [5.74, 6) is 1.95. The third kappa shape index (κ3) is 16.5. The maximum absolute atomic E-state index is 13.4. The molecule has 0 spiro atoms. The average molecular weight is 1350 g/mol. The van der Waals surface area contributed by atoms with Gasteiger partial charge < -0.3 is 25.0 Å². The molecule has 8 aromatic carbocycles. The van der Waals surface area contributed by atoms with E-state index < -0.39 is 37.0 Å². The summed E-state index contributed by atoms with van der Waals surface area (Å²) in [4.78, 5) is 36.5. The second kappa shape index (κ2) is 29.7. The van der Waals surface area contributed by atoms with Crippen LogP contribution < -0.4 is 34.5 Å². The minimum atomic E-state index is -3.95. The standard InChI is InChI=1S/C40H39N5O4S.C40H37N5O3S/c1-40(2,3)44-50(47,48)32-22-30(23-42-24-32)35-34-17-11-16-33(29-14-9-6-10-15-29)36(34)39(43-37(35)38(41)46)45(25-27-12-7-5-8-13-27)26-28-18-20-31(49-4)21-19-28;1-40(2,3)44-49(46,47)33-22-31(24-42-25-33)37-35-17-11-16-34(30-14-9-6-10-15-30)38(35)39(43-36(37)23-41)45(26-28-12-7-5-8-13-28)27-29-18-20-32(48-4)21-19-29/h5-24,44H,25-26H2,1-4H3,(H2,41,46);5-22,24-25,44H,26-27H2,1-4H3. The van der Waals surface area contributed by atoms with Crippen molar-refractivity contribution in [2.45, 2.75) is 88.6 Å². The second-order valence-electron chi connectivity index (χ2n) is 25.9. The molecule has 12 aromatic rings. The van der Waals surface area contributed by atoms with Gasteiger partial charge in [0.1, 0.15) is 44.7 Å². The molecule has 0 bridgehead atoms. The Hall–Kier alpha value is -11.1. The Morgan fingerprint density at radius 1 is 0.465 bits per heavy atom. The normalized spacial score (nSPS) is 11.7. The summed E-state index contributed by atoms with van der Waals surface area (Å²) in [6.45, 7) is 12.6. The minimum Gasteiger partial charge on any atom is -0.497 e. The molecule has 0 aliphatic heterocycles. The monoisotopic (exact) mass is 1350 g/mol. The first-order chi connectivity index (χ1) is 47.5. The van der Waals surface area contributed by atoms with Crippen LogP contribution in [0.15, 0.2) is 253 Å². The van der Waals surface area contributed by atoms with Gasteiger partial charge in [0, 0.05) is 95.1 Å². The fourth-order valence-electron chi connectivity index (χ4n) is 12.0. The van der Waals surface area contributed by atoms with E-state index in [4.69, 9.17) is 25.2 Å². The molecule has 0 aliphatic rings. The highest BCUT2D eigenvalue weighted by atomic mass is 32.2. The van der Waals surface area contributed by atoms with E-state index in [9.17, 15) is 26.9 Å². The molecule has 99 heavy (non-hydrogen) atoms. The average Bonchev–Trinajstić information content (AvgIpc) is 0.746. The molecule has 0 atom stereocenters. The quantitative estimate of drug-likeness (QED) is 0.0607. The molecule has 500 valence electrons. The zero-order valence-corrected chi connectivity index (χ0v) is 57.9. The number of benzene rings is 8. The predicted octanol–water partition coefficient (Wildman–Crippen LogP) is 15.5. The van der Waals surface area contributed by atoms with Crippen molar-refractivity contribution in [3.8, 4) is 62.1 Å². The number of fused-ring (bicyclic) bond motifs is 2. The van der Waals surface area contributed by atoms with Crippen molar-refractivity contribution in [3.63, 3.8) is 0 Å². The number of anilines is 2. The first-order valence-electron chi connectivity index (χ1n) is 32.1. The zero-order valence-electron chi connectivity index (χ0n) is 56.3. The van der Waals surface area contributed by atoms with Gasteiger partial charge in [-0.15, -0.1) is 0 Å². The topological polar surface area (TPSA) is 236 Å². The molecule has 4 N–H and O–H groups in total. The van der Waals surface area contributed by atoms with Crippen LogP contribution in [0.5, 0.6) is 11.5 Å². The number of carbonyl (C=O) groups is 1. The Balaban J connectivity index is 0.000000200. The van der Waals surface area contributed by atoms with E-state index in [0.29, 0.717) is 65.5 Å². The number of hydrogen-bond acceptors (Lipinski definition) is 14. The number of primary amides is 1. The molecule has 0 unspecified atom stereocenters. The number of carbonyl (C=O) groups excluding carboxylic acids is 1. The van der Waals surface area contributed by atoms with Crippen LogP contribution in [0.3, 0.4) is 0 Å². The van der Waals surface area contributed by atoms with E-state index >= 15 is 0 Å². The van der Waals surface area contributed by atoms with Gasteiger partial charge in [-0.05, 0) is 133 Å². The fraction of sp³-hybridized carbons (Fsp3) is 0.175. The maximum atomic E-state index is 13.4. The van der Waals surface area contributed by atoms with Crippen molar-refractivity contribution in [2.24, 2.45) is 5.73 Å². The molecule has 4 aromatic heterocycles. The van der Waals surface area contributed by atoms with Crippen LogP contribution in [0, 0.1) is 11.3 Å². The largest absolute Gasteiger partial charge is 0.497 e. The number of aromatic nitrogens is 4. The molecule has 4 heterocycles. The summed E-state index contributed by atoms with van der Waals surface area (Å²) < 4.78 is 69.8. The molecule has 1 amide bonds. The summed E-state index contributed by atoms with van der Waals surface area (Å²) >= 11 is 0. The molecule has 19 heteroatoms. The molecule has 0 radical (unpaired) electrons. The lowest BCUT2D eigenvalue weighted by Crippen LogP contribution is -2.40. The first kappa shape index (κ1) is 69.2. The zero-order chi connectivity index (χ0) is 70.1. The maximum Gasteiger partial charge on any atom is 0.268 e. The molecule has 17 nitrogen and oxygen atoms in total. The van der Waals surface area contributed by atoms with Gasteiger partial charge >= 0.3 is 0 Å². The number of nitrogens with one attached hydrogen (secondary N) is 2. The van der Waals surface area contributed by atoms with Crippen molar-refractivity contribution >= 4 is 59.1 Å². The van der Waals surface area contributed by atoms with E-state index in [1.54, 1.807) is 68.0 Å². The lowest BCUT2D eigenvalue weighted by molar-refractivity contribution is 0.0996. The van der Waals surface area contributed by atoms with Crippen LogP contribution >= 0.6 is 0 Å². The second-order valence-corrected chi connectivity index (χ2v) is 29.3. The Morgan fingerprint density at radius 2 is 0.828 bits per heavy atom. The molecule has 0 fully saturated rings. The Kier molecular flexibility index (Phi) is 20.8. The van der Waals surface area contributed by atoms with Gasteiger partial charge in [0.2, 0.25) is 20.0 Å². The number of sulfonamides is 2. The Labute approximate surface area is 578 Å². The molecule has 12 rings (SSSR count). The van der Waals surface area contributed by atoms with Gasteiger partial charge in [-0.25, -0.2) is 36.2 Å². The van der Waals surface area contributed by atoms with Crippen molar-refractivity contribution in [3.05, 3.63) is 277 Å². The number of nitriles is 1. The van der Waals surface area contributed by atoms with Crippen molar-refractivity contribution in [1.82, 2.24) is 29.4 Å². The highest BCUT2D eigenvalue weighted by molar-refractivity contribution is 7.89. The third-order valence-corrected chi connectivity index (χ3v) is 19.6. The highest BCUT2D eigenvalue weighted by Gasteiger charge is 2.30. The minimum absolute atomic E-state index is 0.00506. The third-order valence-electron chi connectivity index (χ3n) is 16.1. The summed E-state index contributed by atoms with van der Waals surface area (Å²) in [6.07, 6.45) is 5.73. The van der Waals surface area contributed by atoms with E-state index in [2.05, 4.69) is 53.5 Å². The number of amides is 1. The Bertz CT molecular complexity index is 5150. The fourth-order valence-corrected chi connectivity index (χ4v) is 14.8. The number of hydrogen-bond donors (Lipinski definition) is 3. The molecule has 0 aliphatic carbocycles. The predicted molar refractivity (Wildman–Crippen MR) is 393 cm³/mol. The van der Waals surface area contributed by atoms with E-state index in [1.165, 1.54) is 24.7 Å². The highest BCUT2D eigenvalue weighted by Crippen LogP contribution is 2.45. The molecule has 0 saturated carbocycles. The summed E-state index contributed by atoms with van der Waals surface area (Å²) in [6, 6.07) is 73.2. The summed E-state index contributed by atoms with van der Waals surface area (Å²) in [5.41, 5.74) is 14.6. The van der Waals surface area contributed by atoms with Gasteiger partial charge in [0.05, 0.1) is 14.2 Å². The van der Waals surface area contributed by atoms with Gasteiger partial charge in [0.15, 0.2) is 5.69 Å². The summed E-state index contributed by atoms with van der Waals surface area (Å²) in [5, 5.41) is 13.7. The van der Waals surface area contributed by atoms with Crippen LogP contribution in [0.2, 0.25) is 0 Å². The lowest BCUT2D eigenvalue weighted by atomic mass is 9.92.